The number of nitrogens with one attached hydrogen (secondary N) is 1. The van der Waals surface area contributed by atoms with Gasteiger partial charge in [-0.1, -0.05) is 20.8 Å². The van der Waals surface area contributed by atoms with Crippen LogP contribution in [0.5, 0.6) is 5.75 Å². The van der Waals surface area contributed by atoms with Crippen molar-refractivity contribution in [3.63, 3.8) is 0 Å². The van der Waals surface area contributed by atoms with E-state index in [1.807, 2.05) is 0 Å². The van der Waals surface area contributed by atoms with Gasteiger partial charge in [-0.25, -0.2) is 9.50 Å². The normalized spacial score (nSPS) is 15.6. The number of aromatic nitrogens is 3. The number of methoxy groups -OCH3 is 1. The number of hydrogen-bond donors (Lipinski definition) is 1. The maximum atomic E-state index is 14.0. The van der Waals surface area contributed by atoms with E-state index in [0.29, 0.717) is 32.3 Å². The number of amides is 1. The molecule has 0 aliphatic heterocycles. The molecule has 0 radical (unpaired) electrons. The topological polar surface area (TPSA) is 92.3 Å². The van der Waals surface area contributed by atoms with Crippen molar-refractivity contribution in [2.75, 3.05) is 12.4 Å². The molecule has 3 aromatic heterocycles. The average molecular weight is 554 g/mol. The molecule has 3 heterocycles. The number of nitriles is 1. The van der Waals surface area contributed by atoms with Crippen LogP contribution in [0, 0.1) is 22.7 Å². The number of anilines is 1. The number of halogens is 3. The van der Waals surface area contributed by atoms with Crippen LogP contribution in [-0.4, -0.2) is 27.6 Å². The molecule has 1 N–H and O–H groups in total. The molecule has 0 unspecified atom stereocenters. The molecule has 0 bridgehead atoms. The average Bonchev–Trinajstić information content (AvgIpc) is 3.47. The first-order valence-corrected chi connectivity index (χ1v) is 13.2. The van der Waals surface area contributed by atoms with Crippen LogP contribution in [0.25, 0.3) is 16.9 Å². The smallest absolute Gasteiger partial charge is 0.433 e. The number of nitrogens with zero attached hydrogens (tertiary/aromatic N) is 4. The van der Waals surface area contributed by atoms with Gasteiger partial charge in [0.05, 0.1) is 24.6 Å². The summed E-state index contributed by atoms with van der Waals surface area (Å²) in [5, 5.41) is 16.9. The molecule has 0 spiro atoms. The minimum absolute atomic E-state index is 0.0320. The number of carbonyl (C=O) groups excluding carboxylic acids is 1. The maximum Gasteiger partial charge on any atom is 0.433 e. The number of benzene rings is 1. The predicted octanol–water partition coefficient (Wildman–Crippen LogP) is 6.76. The van der Waals surface area contributed by atoms with Gasteiger partial charge in [0.1, 0.15) is 22.4 Å². The highest BCUT2D eigenvalue weighted by Gasteiger charge is 2.37. The van der Waals surface area contributed by atoms with Crippen LogP contribution in [0.15, 0.2) is 36.5 Å². The molecule has 1 aliphatic rings. The highest BCUT2D eigenvalue weighted by atomic mass is 32.1. The van der Waals surface area contributed by atoms with Gasteiger partial charge in [-0.15, -0.1) is 11.3 Å². The zero-order valence-corrected chi connectivity index (χ0v) is 22.6. The third-order valence-electron chi connectivity index (χ3n) is 7.22. The zero-order valence-electron chi connectivity index (χ0n) is 21.8. The summed E-state index contributed by atoms with van der Waals surface area (Å²) in [4.78, 5) is 18.8. The maximum absolute atomic E-state index is 14.0. The van der Waals surface area contributed by atoms with Crippen molar-refractivity contribution in [3.8, 4) is 23.1 Å². The molecule has 11 heteroatoms. The van der Waals surface area contributed by atoms with Gasteiger partial charge in [0.25, 0.3) is 5.91 Å². The van der Waals surface area contributed by atoms with Crippen molar-refractivity contribution >= 4 is 27.9 Å². The molecule has 39 heavy (non-hydrogen) atoms. The summed E-state index contributed by atoms with van der Waals surface area (Å²) in [6.45, 7) is 6.58. The summed E-state index contributed by atoms with van der Waals surface area (Å²) >= 11 is 1.35. The number of carbonyl (C=O) groups is 1. The Balaban J connectivity index is 1.54. The van der Waals surface area contributed by atoms with Gasteiger partial charge in [0.15, 0.2) is 11.3 Å². The lowest BCUT2D eigenvalue weighted by Gasteiger charge is -2.33. The van der Waals surface area contributed by atoms with E-state index in [4.69, 9.17) is 4.74 Å². The molecule has 5 rings (SSSR count). The lowest BCUT2D eigenvalue weighted by molar-refractivity contribution is -0.142. The fourth-order valence-corrected chi connectivity index (χ4v) is 6.21. The molecule has 0 fully saturated rings. The van der Waals surface area contributed by atoms with Crippen LogP contribution in [0.2, 0.25) is 0 Å². The Hall–Kier alpha value is -3.91. The van der Waals surface area contributed by atoms with E-state index in [0.717, 1.165) is 42.0 Å². The highest BCUT2D eigenvalue weighted by molar-refractivity contribution is 7.16. The van der Waals surface area contributed by atoms with E-state index in [1.165, 1.54) is 18.4 Å². The van der Waals surface area contributed by atoms with Gasteiger partial charge in [0.2, 0.25) is 0 Å². The van der Waals surface area contributed by atoms with Gasteiger partial charge in [-0.2, -0.15) is 23.5 Å². The Labute approximate surface area is 227 Å². The van der Waals surface area contributed by atoms with E-state index >= 15 is 0 Å². The minimum atomic E-state index is -4.74. The van der Waals surface area contributed by atoms with Crippen LogP contribution < -0.4 is 10.1 Å². The fourth-order valence-electron chi connectivity index (χ4n) is 4.94. The minimum Gasteiger partial charge on any atom is -0.497 e. The monoisotopic (exact) mass is 553 g/mol. The predicted molar refractivity (Wildman–Crippen MR) is 142 cm³/mol. The number of ether oxygens (including phenoxy) is 1. The van der Waals surface area contributed by atoms with Crippen LogP contribution in [-0.2, 0) is 19.0 Å². The van der Waals surface area contributed by atoms with Gasteiger partial charge in [0, 0.05) is 10.4 Å². The Morgan fingerprint density at radius 2 is 1.95 bits per heavy atom. The van der Waals surface area contributed by atoms with Crippen molar-refractivity contribution in [3.05, 3.63) is 63.8 Å². The highest BCUT2D eigenvalue weighted by Crippen LogP contribution is 2.44. The second kappa shape index (κ2) is 9.68. The van der Waals surface area contributed by atoms with Crippen LogP contribution in [0.3, 0.4) is 0 Å². The number of fused-ring (bicyclic) bond motifs is 2. The third kappa shape index (κ3) is 4.96. The van der Waals surface area contributed by atoms with Crippen molar-refractivity contribution in [2.24, 2.45) is 11.3 Å². The second-order valence-corrected chi connectivity index (χ2v) is 11.7. The molecule has 202 valence electrons. The first kappa shape index (κ1) is 26.7. The Kier molecular flexibility index (Phi) is 6.63. The summed E-state index contributed by atoms with van der Waals surface area (Å²) in [5.74, 6) is 0.306. The number of hydrogen-bond acceptors (Lipinski definition) is 6. The molecule has 7 nitrogen and oxygen atoms in total. The first-order chi connectivity index (χ1) is 18.4. The molecule has 0 saturated heterocycles. The summed E-state index contributed by atoms with van der Waals surface area (Å²) in [6, 6.07) is 9.53. The lowest BCUT2D eigenvalue weighted by Crippen LogP contribution is -2.26. The number of alkyl halides is 3. The summed E-state index contributed by atoms with van der Waals surface area (Å²) < 4.78 is 47.7. The molecule has 1 aromatic carbocycles. The number of thiophene rings is 1. The fraction of sp³-hybridized carbons (Fsp3) is 0.357. The Bertz CT molecular complexity index is 1610. The van der Waals surface area contributed by atoms with E-state index in [9.17, 15) is 23.2 Å². The van der Waals surface area contributed by atoms with Gasteiger partial charge < -0.3 is 10.1 Å². The van der Waals surface area contributed by atoms with E-state index in [1.54, 1.807) is 24.3 Å². The Morgan fingerprint density at radius 1 is 1.23 bits per heavy atom. The molecule has 4 aromatic rings. The van der Waals surface area contributed by atoms with Crippen LogP contribution in [0.4, 0.5) is 18.2 Å². The molecule has 1 atom stereocenters. The Morgan fingerprint density at radius 3 is 2.56 bits per heavy atom. The van der Waals surface area contributed by atoms with Gasteiger partial charge >= 0.3 is 6.18 Å². The summed E-state index contributed by atoms with van der Waals surface area (Å²) in [7, 11) is 1.49. The van der Waals surface area contributed by atoms with Crippen molar-refractivity contribution < 1.29 is 22.7 Å². The van der Waals surface area contributed by atoms with E-state index in [-0.39, 0.29) is 22.3 Å². The molecule has 0 saturated carbocycles. The van der Waals surface area contributed by atoms with E-state index < -0.39 is 17.8 Å². The summed E-state index contributed by atoms with van der Waals surface area (Å²) in [6.07, 6.45) is -1.18. The first-order valence-electron chi connectivity index (χ1n) is 12.4. The molecule has 1 aliphatic carbocycles. The molecule has 1 amide bonds. The van der Waals surface area contributed by atoms with Crippen molar-refractivity contribution in [1.29, 1.82) is 5.26 Å². The van der Waals surface area contributed by atoms with Crippen LogP contribution >= 0.6 is 11.3 Å². The largest absolute Gasteiger partial charge is 0.497 e. The zero-order chi connectivity index (χ0) is 28.1. The van der Waals surface area contributed by atoms with Crippen molar-refractivity contribution in [2.45, 2.75) is 46.2 Å². The van der Waals surface area contributed by atoms with Crippen molar-refractivity contribution in [1.82, 2.24) is 14.6 Å². The SMILES string of the molecule is COc1ccc(-c2cc(C(F)(F)F)n3ncc(C(=O)Nc4sc5c(c4C#N)CC[C@H](C(C)(C)C)C5)c3n2)cc1. The van der Waals surface area contributed by atoms with Gasteiger partial charge in [-0.3, -0.25) is 4.79 Å². The molecular weight excluding hydrogens is 527 g/mol. The standard InChI is InChI=1S/C28H26F3N5O2S/c1-27(2,3)16-7-10-18-19(13-32)26(39-22(18)11-16)35-25(37)20-14-33-36-23(28(29,30)31)12-21(34-24(20)36)15-5-8-17(38-4)9-6-15/h5-6,8-9,12,14,16H,7,10-11H2,1-4H3,(H,35,37)/t16-/m0/s1. The van der Waals surface area contributed by atoms with Crippen LogP contribution in [0.1, 0.15) is 59.2 Å². The second-order valence-electron chi connectivity index (χ2n) is 10.6. The number of rotatable bonds is 4. The molecular formula is C28H26F3N5O2S. The third-order valence-corrected chi connectivity index (χ3v) is 8.39. The lowest BCUT2D eigenvalue weighted by atomic mass is 9.72. The quantitative estimate of drug-likeness (QED) is 0.301. The van der Waals surface area contributed by atoms with E-state index in [2.05, 4.69) is 42.2 Å². The summed E-state index contributed by atoms with van der Waals surface area (Å²) in [5.41, 5.74) is 0.493. The van der Waals surface area contributed by atoms with Gasteiger partial charge in [-0.05, 0) is 66.5 Å².